The first kappa shape index (κ1) is 24.7. The van der Waals surface area contributed by atoms with Gasteiger partial charge in [0.05, 0.1) is 28.0 Å². The van der Waals surface area contributed by atoms with E-state index in [0.29, 0.717) is 31.4 Å². The van der Waals surface area contributed by atoms with Crippen LogP contribution in [0.25, 0.3) is 0 Å². The van der Waals surface area contributed by atoms with Gasteiger partial charge in [-0.05, 0) is 101 Å². The molecule has 1 aromatic rings. The Morgan fingerprint density at radius 1 is 1.07 bits per heavy atom. The molecule has 0 aromatic heterocycles. The summed E-state index contributed by atoms with van der Waals surface area (Å²) in [5, 5.41) is 0. The van der Waals surface area contributed by atoms with Crippen molar-refractivity contribution in [2.45, 2.75) is 39.2 Å². The second-order valence-corrected chi connectivity index (χ2v) is 8.69. The van der Waals surface area contributed by atoms with Crippen molar-refractivity contribution in [2.75, 3.05) is 18.9 Å². The Bertz CT molecular complexity index is 710. The van der Waals surface area contributed by atoms with Crippen LogP contribution in [0.1, 0.15) is 43.5 Å². The van der Waals surface area contributed by atoms with Gasteiger partial charge < -0.3 is 19.9 Å². The molecule has 1 unspecified atom stereocenters. The van der Waals surface area contributed by atoms with Crippen molar-refractivity contribution in [3.05, 3.63) is 22.3 Å². The maximum Gasteiger partial charge on any atom is 0.347 e. The van der Waals surface area contributed by atoms with Crippen LogP contribution in [-0.2, 0) is 23.8 Å². The normalized spacial score (nSPS) is 11.6. The van der Waals surface area contributed by atoms with Gasteiger partial charge in [-0.1, -0.05) is 0 Å². The monoisotopic (exact) mass is 715 g/mol. The quantitative estimate of drug-likeness (QED) is 0.179. The van der Waals surface area contributed by atoms with E-state index in [4.69, 9.17) is 19.9 Å². The van der Waals surface area contributed by atoms with E-state index in [9.17, 15) is 14.4 Å². The molecule has 1 rings (SSSR count). The second-order valence-electron chi connectivity index (χ2n) is 5.29. The van der Waals surface area contributed by atoms with Crippen LogP contribution in [0.2, 0.25) is 0 Å². The average molecular weight is 715 g/mol. The Kier molecular flexibility index (Phi) is 11.2. The highest BCUT2D eigenvalue weighted by atomic mass is 127. The van der Waals surface area contributed by atoms with Gasteiger partial charge in [0.15, 0.2) is 6.10 Å². The van der Waals surface area contributed by atoms with E-state index in [-0.39, 0.29) is 25.4 Å². The minimum atomic E-state index is -1.10. The lowest BCUT2D eigenvalue weighted by Crippen LogP contribution is -2.30. The van der Waals surface area contributed by atoms with E-state index in [0.717, 1.165) is 3.57 Å². The van der Waals surface area contributed by atoms with Crippen LogP contribution in [0.3, 0.4) is 0 Å². The Balaban J connectivity index is 2.92. The zero-order valence-electron chi connectivity index (χ0n) is 14.9. The Labute approximate surface area is 198 Å². The van der Waals surface area contributed by atoms with Crippen molar-refractivity contribution >= 4 is 91.4 Å². The summed E-state index contributed by atoms with van der Waals surface area (Å²) in [5.41, 5.74) is 6.80. The molecule has 27 heavy (non-hydrogen) atoms. The summed E-state index contributed by atoms with van der Waals surface area (Å²) < 4.78 is 17.3. The summed E-state index contributed by atoms with van der Waals surface area (Å²) in [7, 11) is 0. The van der Waals surface area contributed by atoms with Crippen LogP contribution in [-0.4, -0.2) is 37.2 Å². The molecule has 0 heterocycles. The third-order valence-corrected chi connectivity index (χ3v) is 6.22. The molecule has 0 saturated heterocycles. The number of ether oxygens (including phenoxy) is 3. The number of anilines is 1. The minimum absolute atomic E-state index is 0.132. The molecule has 0 aliphatic heterocycles. The van der Waals surface area contributed by atoms with Crippen LogP contribution < -0.4 is 5.73 Å². The Morgan fingerprint density at radius 3 is 2.30 bits per heavy atom. The van der Waals surface area contributed by atoms with E-state index in [1.807, 2.05) is 45.2 Å². The highest BCUT2D eigenvalue weighted by molar-refractivity contribution is 14.1. The molecule has 0 radical (unpaired) electrons. The lowest BCUT2D eigenvalue weighted by molar-refractivity contribution is -0.154. The van der Waals surface area contributed by atoms with E-state index < -0.39 is 18.0 Å². The maximum atomic E-state index is 12.7. The number of carbonyl (C=O) groups excluding carboxylic acids is 3. The third kappa shape index (κ3) is 7.51. The van der Waals surface area contributed by atoms with Gasteiger partial charge in [-0.25, -0.2) is 9.59 Å². The lowest BCUT2D eigenvalue weighted by Gasteiger charge is -2.18. The van der Waals surface area contributed by atoms with Crippen molar-refractivity contribution in [1.82, 2.24) is 0 Å². The summed E-state index contributed by atoms with van der Waals surface area (Å²) in [6.07, 6.45) is -0.471. The van der Waals surface area contributed by atoms with Crippen LogP contribution >= 0.6 is 67.8 Å². The molecule has 0 aliphatic rings. The summed E-state index contributed by atoms with van der Waals surface area (Å²) >= 11 is 6.10. The second kappa shape index (κ2) is 12.2. The van der Waals surface area contributed by atoms with Crippen molar-refractivity contribution < 1.29 is 28.6 Å². The number of hydrogen-bond acceptors (Lipinski definition) is 7. The van der Waals surface area contributed by atoms with E-state index in [1.54, 1.807) is 19.9 Å². The number of nitrogens with two attached hydrogens (primary N) is 1. The zero-order chi connectivity index (χ0) is 20.6. The first-order chi connectivity index (χ1) is 12.7. The van der Waals surface area contributed by atoms with E-state index in [1.165, 1.54) is 0 Å². The number of benzene rings is 1. The van der Waals surface area contributed by atoms with Gasteiger partial charge in [0.25, 0.3) is 0 Å². The van der Waals surface area contributed by atoms with E-state index in [2.05, 4.69) is 22.6 Å². The van der Waals surface area contributed by atoms with Crippen molar-refractivity contribution in [2.24, 2.45) is 0 Å². The molecule has 7 nitrogen and oxygen atoms in total. The van der Waals surface area contributed by atoms with Gasteiger partial charge in [-0.15, -0.1) is 0 Å². The smallest absolute Gasteiger partial charge is 0.347 e. The first-order valence-corrected chi connectivity index (χ1v) is 11.4. The Morgan fingerprint density at radius 2 is 1.70 bits per heavy atom. The van der Waals surface area contributed by atoms with Crippen LogP contribution in [0, 0.1) is 10.7 Å². The molecule has 10 heteroatoms. The number of carbonyl (C=O) groups is 3. The molecule has 1 aromatic carbocycles. The van der Waals surface area contributed by atoms with Crippen molar-refractivity contribution in [3.63, 3.8) is 0 Å². The lowest BCUT2D eigenvalue weighted by atomic mass is 10.1. The SMILES string of the molecule is CCOC(=O)CCCC(OC(=O)c1c(I)cc(I)c(N)c1I)C(=O)OCC. The number of rotatable bonds is 9. The predicted octanol–water partition coefficient (Wildman–Crippen LogP) is 3.90. The summed E-state index contributed by atoms with van der Waals surface area (Å²) in [5.74, 6) is -1.65. The average Bonchev–Trinajstić information content (AvgIpc) is 2.59. The van der Waals surface area contributed by atoms with Gasteiger partial charge >= 0.3 is 17.9 Å². The zero-order valence-corrected chi connectivity index (χ0v) is 21.3. The van der Waals surface area contributed by atoms with Crippen LogP contribution in [0.5, 0.6) is 0 Å². The molecule has 2 N–H and O–H groups in total. The maximum absolute atomic E-state index is 12.7. The molecule has 0 fully saturated rings. The molecule has 0 bridgehead atoms. The molecule has 0 spiro atoms. The number of nitrogen functional groups attached to an aromatic ring is 1. The van der Waals surface area contributed by atoms with Gasteiger partial charge in [0.2, 0.25) is 0 Å². The standard InChI is InChI=1S/C17H20I3NO6/c1-3-25-12(22)7-5-6-11(16(23)26-4-2)27-17(24)13-9(18)8-10(19)15(21)14(13)20/h8,11H,3-7,21H2,1-2H3. The minimum Gasteiger partial charge on any atom is -0.466 e. The molecule has 0 aliphatic carbocycles. The van der Waals surface area contributed by atoms with Gasteiger partial charge in [-0.2, -0.15) is 0 Å². The molecule has 0 saturated carbocycles. The summed E-state index contributed by atoms with van der Waals surface area (Å²) in [6.45, 7) is 3.84. The highest BCUT2D eigenvalue weighted by Crippen LogP contribution is 2.30. The first-order valence-electron chi connectivity index (χ1n) is 8.19. The van der Waals surface area contributed by atoms with Crippen molar-refractivity contribution in [3.8, 4) is 0 Å². The fourth-order valence-corrected chi connectivity index (χ4v) is 5.92. The fraction of sp³-hybridized carbons (Fsp3) is 0.471. The van der Waals surface area contributed by atoms with Crippen molar-refractivity contribution in [1.29, 1.82) is 0 Å². The third-order valence-electron chi connectivity index (χ3n) is 3.36. The van der Waals surface area contributed by atoms with Gasteiger partial charge in [-0.3, -0.25) is 4.79 Å². The fourth-order valence-electron chi connectivity index (χ4n) is 2.11. The number of halogens is 3. The summed E-state index contributed by atoms with van der Waals surface area (Å²) in [6, 6.07) is 1.77. The van der Waals surface area contributed by atoms with Gasteiger partial charge in [0.1, 0.15) is 0 Å². The van der Waals surface area contributed by atoms with Crippen LogP contribution in [0.15, 0.2) is 6.07 Å². The number of hydrogen-bond donors (Lipinski definition) is 1. The predicted molar refractivity (Wildman–Crippen MR) is 125 cm³/mol. The number of esters is 3. The molecule has 0 amide bonds. The molecular formula is C17H20I3NO6. The topological polar surface area (TPSA) is 105 Å². The Hall–Kier alpha value is -0.380. The van der Waals surface area contributed by atoms with Gasteiger partial charge in [0, 0.05) is 13.6 Å². The van der Waals surface area contributed by atoms with Crippen LogP contribution in [0.4, 0.5) is 5.69 Å². The molecule has 1 atom stereocenters. The molecular weight excluding hydrogens is 695 g/mol. The van der Waals surface area contributed by atoms with E-state index >= 15 is 0 Å². The largest absolute Gasteiger partial charge is 0.466 e. The summed E-state index contributed by atoms with van der Waals surface area (Å²) in [4.78, 5) is 36.3. The highest BCUT2D eigenvalue weighted by Gasteiger charge is 2.28. The molecule has 150 valence electrons.